The maximum atomic E-state index is 13.7. The molecule has 0 unspecified atom stereocenters. The Balaban J connectivity index is 1.08. The van der Waals surface area contributed by atoms with E-state index in [9.17, 15) is 14.0 Å². The van der Waals surface area contributed by atoms with Crippen molar-refractivity contribution in [3.63, 3.8) is 0 Å². The van der Waals surface area contributed by atoms with Gasteiger partial charge in [0.2, 0.25) is 0 Å². The third-order valence-electron chi connectivity index (χ3n) is 6.65. The monoisotopic (exact) mass is 516 g/mol. The van der Waals surface area contributed by atoms with Gasteiger partial charge in [0, 0.05) is 64.7 Å². The van der Waals surface area contributed by atoms with E-state index in [1.54, 1.807) is 29.3 Å². The minimum atomic E-state index is -0.762. The van der Waals surface area contributed by atoms with Crippen LogP contribution in [0.1, 0.15) is 19.3 Å². The van der Waals surface area contributed by atoms with Crippen LogP contribution in [0.2, 0.25) is 5.02 Å². The number of amides is 2. The molecule has 1 aromatic carbocycles. The standard InChI is InChI=1S/C24H26ClFN6O4/c25-17-4-3-9-27-21(17)30-12-14-31(15-13-30)22(33)20-16-24(36-29-20)7-10-32(11-8-24)35-23(34)28-19-6-2-1-5-18(19)26/h1-6,9H,7-8,10-16H2,(H,28,34). The van der Waals surface area contributed by atoms with Crippen LogP contribution in [0.5, 0.6) is 0 Å². The SMILES string of the molecule is O=C(Nc1ccccc1F)ON1CCC2(CC1)CC(C(=O)N1CCN(c3ncccc3Cl)CC1)=NO2. The van der Waals surface area contributed by atoms with Gasteiger partial charge in [-0.05, 0) is 24.3 Å². The van der Waals surface area contributed by atoms with Gasteiger partial charge in [-0.2, -0.15) is 0 Å². The molecule has 0 atom stereocenters. The van der Waals surface area contributed by atoms with Crippen molar-refractivity contribution in [3.05, 3.63) is 53.4 Å². The van der Waals surface area contributed by atoms with Crippen molar-refractivity contribution in [2.75, 3.05) is 49.5 Å². The second-order valence-electron chi connectivity index (χ2n) is 8.99. The number of piperazine rings is 1. The molecule has 0 bridgehead atoms. The van der Waals surface area contributed by atoms with Crippen molar-refractivity contribution in [1.82, 2.24) is 14.9 Å². The number of hydrogen-bond donors (Lipinski definition) is 1. The van der Waals surface area contributed by atoms with E-state index < -0.39 is 17.5 Å². The molecule has 2 fully saturated rings. The van der Waals surface area contributed by atoms with E-state index >= 15 is 0 Å². The fourth-order valence-electron chi connectivity index (χ4n) is 4.62. The van der Waals surface area contributed by atoms with Crippen LogP contribution in [0.15, 0.2) is 47.8 Å². The van der Waals surface area contributed by atoms with Gasteiger partial charge < -0.3 is 19.5 Å². The zero-order valence-corrected chi connectivity index (χ0v) is 20.3. The van der Waals surface area contributed by atoms with E-state index in [1.165, 1.54) is 23.3 Å². The first kappa shape index (κ1) is 24.3. The lowest BCUT2D eigenvalue weighted by molar-refractivity contribution is -0.154. The first-order chi connectivity index (χ1) is 17.4. The summed E-state index contributed by atoms with van der Waals surface area (Å²) in [5, 5.41) is 8.62. The molecule has 0 saturated carbocycles. The molecule has 2 aromatic rings. The molecule has 1 spiro atoms. The largest absolute Gasteiger partial charge is 0.430 e. The van der Waals surface area contributed by atoms with Crippen LogP contribution >= 0.6 is 11.6 Å². The molecule has 3 aliphatic heterocycles. The number of benzene rings is 1. The summed E-state index contributed by atoms with van der Waals surface area (Å²) in [7, 11) is 0. The fourth-order valence-corrected chi connectivity index (χ4v) is 4.86. The number of rotatable bonds is 4. The molecular formula is C24H26ClFN6O4. The molecule has 0 aliphatic carbocycles. The number of nitrogens with zero attached hydrogens (tertiary/aromatic N) is 5. The van der Waals surface area contributed by atoms with E-state index in [2.05, 4.69) is 20.4 Å². The van der Waals surface area contributed by atoms with Crippen LogP contribution in [-0.2, 0) is 14.5 Å². The molecule has 10 nitrogen and oxygen atoms in total. The highest BCUT2D eigenvalue weighted by atomic mass is 35.5. The summed E-state index contributed by atoms with van der Waals surface area (Å²) in [5.41, 5.74) is -0.127. The van der Waals surface area contributed by atoms with Crippen LogP contribution in [-0.4, -0.2) is 77.5 Å². The van der Waals surface area contributed by atoms with Crippen LogP contribution in [0.25, 0.3) is 0 Å². The molecule has 2 saturated heterocycles. The van der Waals surface area contributed by atoms with Crippen molar-refractivity contribution < 1.29 is 23.7 Å². The molecular weight excluding hydrogens is 491 g/mol. The third-order valence-corrected chi connectivity index (χ3v) is 6.94. The molecule has 5 rings (SSSR count). The number of halogens is 2. The molecule has 3 aliphatic rings. The van der Waals surface area contributed by atoms with E-state index in [-0.39, 0.29) is 11.6 Å². The lowest BCUT2D eigenvalue weighted by Gasteiger charge is -2.36. The first-order valence-electron chi connectivity index (χ1n) is 11.8. The Morgan fingerprint density at radius 3 is 2.53 bits per heavy atom. The van der Waals surface area contributed by atoms with Gasteiger partial charge in [-0.15, -0.1) is 5.06 Å². The van der Waals surface area contributed by atoms with Crippen LogP contribution < -0.4 is 10.2 Å². The third kappa shape index (κ3) is 5.21. The topological polar surface area (TPSA) is 99.6 Å². The van der Waals surface area contributed by atoms with Gasteiger partial charge >= 0.3 is 6.09 Å². The lowest BCUT2D eigenvalue weighted by atomic mass is 9.87. The number of nitrogens with one attached hydrogen (secondary N) is 1. The molecule has 2 amide bonds. The molecule has 4 heterocycles. The Hall–Kier alpha value is -3.44. The maximum Gasteiger partial charge on any atom is 0.430 e. The summed E-state index contributed by atoms with van der Waals surface area (Å²) < 4.78 is 13.7. The highest BCUT2D eigenvalue weighted by Crippen LogP contribution is 2.35. The molecule has 190 valence electrons. The minimum Gasteiger partial charge on any atom is -0.388 e. The van der Waals surface area contributed by atoms with Crippen LogP contribution in [0.4, 0.5) is 20.7 Å². The number of carbonyl (C=O) groups is 2. The molecule has 1 N–H and O–H groups in total. The number of carbonyl (C=O) groups excluding carboxylic acids is 2. The predicted molar refractivity (Wildman–Crippen MR) is 131 cm³/mol. The number of aromatic nitrogens is 1. The zero-order chi connectivity index (χ0) is 25.1. The Bertz CT molecular complexity index is 1160. The van der Waals surface area contributed by atoms with Gasteiger partial charge in [0.25, 0.3) is 5.91 Å². The van der Waals surface area contributed by atoms with Gasteiger partial charge in [-0.1, -0.05) is 28.9 Å². The fraction of sp³-hybridized carbons (Fsp3) is 0.417. The van der Waals surface area contributed by atoms with E-state index in [0.29, 0.717) is 69.3 Å². The predicted octanol–water partition coefficient (Wildman–Crippen LogP) is 3.30. The van der Waals surface area contributed by atoms with E-state index in [4.69, 9.17) is 21.3 Å². The van der Waals surface area contributed by atoms with Crippen molar-refractivity contribution >= 4 is 40.8 Å². The van der Waals surface area contributed by atoms with Gasteiger partial charge in [0.1, 0.15) is 22.9 Å². The minimum absolute atomic E-state index is 0.0515. The molecule has 12 heteroatoms. The number of oxime groups is 1. The van der Waals surface area contributed by atoms with Gasteiger partial charge in [-0.25, -0.2) is 14.2 Å². The summed E-state index contributed by atoms with van der Waals surface area (Å²) in [6.07, 6.45) is 2.42. The Morgan fingerprint density at radius 1 is 1.06 bits per heavy atom. The number of anilines is 2. The second-order valence-corrected chi connectivity index (χ2v) is 9.40. The number of hydrogen-bond acceptors (Lipinski definition) is 8. The van der Waals surface area contributed by atoms with Crippen molar-refractivity contribution in [3.8, 4) is 0 Å². The quantitative estimate of drug-likeness (QED) is 0.665. The molecule has 36 heavy (non-hydrogen) atoms. The number of piperidine rings is 1. The highest BCUT2D eigenvalue weighted by molar-refractivity contribution is 6.39. The van der Waals surface area contributed by atoms with Crippen LogP contribution in [0, 0.1) is 5.82 Å². The average Bonchev–Trinajstić information content (AvgIpc) is 3.30. The van der Waals surface area contributed by atoms with Gasteiger partial charge in [0.05, 0.1) is 10.7 Å². The van der Waals surface area contributed by atoms with E-state index in [1.807, 2.05) is 0 Å². The van der Waals surface area contributed by atoms with E-state index in [0.717, 1.165) is 5.82 Å². The summed E-state index contributed by atoms with van der Waals surface area (Å²) >= 11 is 6.25. The summed E-state index contributed by atoms with van der Waals surface area (Å²) in [6, 6.07) is 9.46. The normalized spacial score (nSPS) is 19.6. The molecule has 0 radical (unpaired) electrons. The number of para-hydroxylation sites is 1. The van der Waals surface area contributed by atoms with Crippen molar-refractivity contribution in [2.24, 2.45) is 5.16 Å². The van der Waals surface area contributed by atoms with Gasteiger partial charge in [0.15, 0.2) is 0 Å². The van der Waals surface area contributed by atoms with Crippen molar-refractivity contribution in [2.45, 2.75) is 24.9 Å². The Morgan fingerprint density at radius 2 is 1.81 bits per heavy atom. The highest BCUT2D eigenvalue weighted by Gasteiger charge is 2.45. The smallest absolute Gasteiger partial charge is 0.388 e. The Labute approximate surface area is 212 Å². The average molecular weight is 517 g/mol. The van der Waals surface area contributed by atoms with Gasteiger partial charge in [-0.3, -0.25) is 10.1 Å². The number of pyridine rings is 1. The Kier molecular flexibility index (Phi) is 6.92. The van der Waals surface area contributed by atoms with Crippen molar-refractivity contribution in [1.29, 1.82) is 0 Å². The first-order valence-corrected chi connectivity index (χ1v) is 12.2. The summed E-state index contributed by atoms with van der Waals surface area (Å²) in [4.78, 5) is 44.5. The maximum absolute atomic E-state index is 13.7. The second kappa shape index (κ2) is 10.3. The zero-order valence-electron chi connectivity index (χ0n) is 19.5. The number of hydroxylamine groups is 2. The summed E-state index contributed by atoms with van der Waals surface area (Å²) in [6.45, 7) is 3.15. The van der Waals surface area contributed by atoms with Crippen LogP contribution in [0.3, 0.4) is 0 Å². The lowest BCUT2D eigenvalue weighted by Crippen LogP contribution is -2.51. The summed E-state index contributed by atoms with van der Waals surface area (Å²) in [5.74, 6) is 0.0626. The molecule has 1 aromatic heterocycles.